The van der Waals surface area contributed by atoms with E-state index in [4.69, 9.17) is 4.74 Å². The van der Waals surface area contributed by atoms with Crippen LogP contribution >= 0.6 is 11.7 Å². The van der Waals surface area contributed by atoms with Crippen molar-refractivity contribution in [1.29, 1.82) is 0 Å². The minimum absolute atomic E-state index is 0.0978. The van der Waals surface area contributed by atoms with Gasteiger partial charge in [0.15, 0.2) is 0 Å². The van der Waals surface area contributed by atoms with Crippen LogP contribution in [0.15, 0.2) is 6.20 Å². The number of aliphatic hydroxyl groups is 2. The summed E-state index contributed by atoms with van der Waals surface area (Å²) in [6.07, 6.45) is 2.73. The third-order valence-electron chi connectivity index (χ3n) is 3.48. The second-order valence-corrected chi connectivity index (χ2v) is 5.26. The van der Waals surface area contributed by atoms with Crippen LogP contribution in [-0.4, -0.2) is 51.4 Å². The maximum atomic E-state index is 9.77. The van der Waals surface area contributed by atoms with Crippen molar-refractivity contribution < 1.29 is 14.9 Å². The normalized spacial score (nSPS) is 13.5. The topological polar surface area (TPSA) is 87.5 Å². The molecule has 0 saturated carbocycles. The summed E-state index contributed by atoms with van der Waals surface area (Å²) in [6, 6.07) is 0. The fourth-order valence-electron chi connectivity index (χ4n) is 1.74. The van der Waals surface area contributed by atoms with E-state index < -0.39 is 6.10 Å². The Bertz CT molecular complexity index is 323. The molecule has 0 fully saturated rings. The van der Waals surface area contributed by atoms with Crippen molar-refractivity contribution in [3.8, 4) is 5.88 Å². The molecule has 0 aliphatic rings. The van der Waals surface area contributed by atoms with E-state index in [1.54, 1.807) is 0 Å². The van der Waals surface area contributed by atoms with Crippen LogP contribution in [0.2, 0.25) is 0 Å². The van der Waals surface area contributed by atoms with Gasteiger partial charge in [-0.3, -0.25) is 0 Å². The van der Waals surface area contributed by atoms with Crippen molar-refractivity contribution in [1.82, 2.24) is 14.1 Å². The Morgan fingerprint density at radius 1 is 1.47 bits per heavy atom. The summed E-state index contributed by atoms with van der Waals surface area (Å²) in [5.41, 5.74) is -0.0978. The zero-order chi connectivity index (χ0) is 14.1. The van der Waals surface area contributed by atoms with E-state index >= 15 is 0 Å². The smallest absolute Gasteiger partial charge is 0.245 e. The highest BCUT2D eigenvalue weighted by Gasteiger charge is 2.24. The summed E-state index contributed by atoms with van der Waals surface area (Å²) in [5.74, 6) is 0.441. The summed E-state index contributed by atoms with van der Waals surface area (Å²) >= 11 is 1.07. The highest BCUT2D eigenvalue weighted by Crippen LogP contribution is 2.24. The van der Waals surface area contributed by atoms with E-state index in [0.717, 1.165) is 24.6 Å². The lowest BCUT2D eigenvalue weighted by molar-refractivity contribution is 0.0853. The number of ether oxygens (including phenoxy) is 1. The van der Waals surface area contributed by atoms with Gasteiger partial charge in [0, 0.05) is 25.1 Å². The molecule has 1 aromatic heterocycles. The molecule has 0 amide bonds. The molecule has 1 aromatic rings. The van der Waals surface area contributed by atoms with Gasteiger partial charge in [0.2, 0.25) is 5.88 Å². The quantitative estimate of drug-likeness (QED) is 0.587. The molecule has 0 saturated heterocycles. The molecule has 0 radical (unpaired) electrons. The van der Waals surface area contributed by atoms with Gasteiger partial charge in [-0.05, 0) is 12.8 Å². The number of hydrogen-bond acceptors (Lipinski definition) is 7. The Balaban J connectivity index is 2.20. The summed E-state index contributed by atoms with van der Waals surface area (Å²) < 4.78 is 13.0. The summed E-state index contributed by atoms with van der Waals surface area (Å²) in [6.45, 7) is 5.59. The van der Waals surface area contributed by atoms with Crippen LogP contribution in [0.3, 0.4) is 0 Å². The van der Waals surface area contributed by atoms with Crippen LogP contribution in [0.4, 0.5) is 0 Å². The van der Waals surface area contributed by atoms with Gasteiger partial charge in [-0.15, -0.1) is 4.37 Å². The zero-order valence-electron chi connectivity index (χ0n) is 11.5. The minimum Gasteiger partial charge on any atom is -0.473 e. The van der Waals surface area contributed by atoms with E-state index in [9.17, 15) is 10.2 Å². The summed E-state index contributed by atoms with van der Waals surface area (Å²) in [7, 11) is 0. The van der Waals surface area contributed by atoms with Gasteiger partial charge in [-0.1, -0.05) is 13.8 Å². The molecule has 6 nitrogen and oxygen atoms in total. The molecule has 0 spiro atoms. The van der Waals surface area contributed by atoms with Gasteiger partial charge in [-0.2, -0.15) is 4.37 Å². The Hall–Kier alpha value is -0.760. The average Bonchev–Trinajstić information content (AvgIpc) is 2.95. The number of rotatable bonds is 10. The van der Waals surface area contributed by atoms with Crippen molar-refractivity contribution >= 4 is 11.7 Å². The van der Waals surface area contributed by atoms with Crippen molar-refractivity contribution in [2.45, 2.75) is 32.8 Å². The fourth-order valence-corrected chi connectivity index (χ4v) is 2.11. The molecule has 0 bridgehead atoms. The second kappa shape index (κ2) is 8.42. The Morgan fingerprint density at radius 3 is 2.74 bits per heavy atom. The molecule has 0 aromatic carbocycles. The van der Waals surface area contributed by atoms with Crippen LogP contribution in [0.1, 0.15) is 26.7 Å². The number of nitrogens with zero attached hydrogens (tertiary/aromatic N) is 2. The molecule has 7 heteroatoms. The van der Waals surface area contributed by atoms with E-state index in [1.165, 1.54) is 6.20 Å². The van der Waals surface area contributed by atoms with Gasteiger partial charge in [0.25, 0.3) is 0 Å². The lowest BCUT2D eigenvalue weighted by Gasteiger charge is -2.30. The molecular weight excluding hydrogens is 266 g/mol. The first-order valence-electron chi connectivity index (χ1n) is 6.55. The number of nitrogens with one attached hydrogen (secondary N) is 1. The average molecular weight is 289 g/mol. The SMILES string of the molecule is CCC(CC)(CO)CNCC(O)COc1cnsn1. The van der Waals surface area contributed by atoms with Crippen molar-refractivity contribution in [2.24, 2.45) is 5.41 Å². The Kier molecular flexibility index (Phi) is 7.22. The molecule has 1 heterocycles. The first-order chi connectivity index (χ1) is 9.15. The number of aliphatic hydroxyl groups excluding tert-OH is 2. The van der Waals surface area contributed by atoms with Gasteiger partial charge < -0.3 is 20.3 Å². The molecule has 110 valence electrons. The zero-order valence-corrected chi connectivity index (χ0v) is 12.3. The summed E-state index contributed by atoms with van der Waals surface area (Å²) in [5, 5.41) is 22.4. The molecule has 1 rings (SSSR count). The maximum absolute atomic E-state index is 9.77. The minimum atomic E-state index is -0.605. The molecule has 0 aliphatic heterocycles. The lowest BCUT2D eigenvalue weighted by Crippen LogP contribution is -2.40. The first kappa shape index (κ1) is 16.3. The maximum Gasteiger partial charge on any atom is 0.245 e. The van der Waals surface area contributed by atoms with Gasteiger partial charge in [-0.25, -0.2) is 0 Å². The first-order valence-corrected chi connectivity index (χ1v) is 7.29. The van der Waals surface area contributed by atoms with E-state index in [0.29, 0.717) is 19.0 Å². The lowest BCUT2D eigenvalue weighted by atomic mass is 9.83. The Morgan fingerprint density at radius 2 is 2.21 bits per heavy atom. The van der Waals surface area contributed by atoms with Gasteiger partial charge >= 0.3 is 0 Å². The van der Waals surface area contributed by atoms with Crippen molar-refractivity contribution in [3.63, 3.8) is 0 Å². The van der Waals surface area contributed by atoms with Crippen LogP contribution in [0, 0.1) is 5.41 Å². The van der Waals surface area contributed by atoms with Gasteiger partial charge in [0.05, 0.1) is 11.7 Å². The third kappa shape index (κ3) is 5.40. The predicted molar refractivity (Wildman–Crippen MR) is 74.4 cm³/mol. The largest absolute Gasteiger partial charge is 0.473 e. The molecule has 1 atom stereocenters. The van der Waals surface area contributed by atoms with Crippen molar-refractivity contribution in [3.05, 3.63) is 6.20 Å². The fraction of sp³-hybridized carbons (Fsp3) is 0.833. The Labute approximate surface area is 118 Å². The van der Waals surface area contributed by atoms with Gasteiger partial charge in [0.1, 0.15) is 18.9 Å². The van der Waals surface area contributed by atoms with Crippen LogP contribution in [-0.2, 0) is 0 Å². The predicted octanol–water partition coefficient (Wildman–Crippen LogP) is 0.666. The highest BCUT2D eigenvalue weighted by molar-refractivity contribution is 6.99. The highest BCUT2D eigenvalue weighted by atomic mass is 32.1. The third-order valence-corrected chi connectivity index (χ3v) is 3.94. The van der Waals surface area contributed by atoms with E-state index in [1.807, 2.05) is 0 Å². The summed E-state index contributed by atoms with van der Waals surface area (Å²) in [4.78, 5) is 0. The molecular formula is C12H23N3O3S. The molecule has 3 N–H and O–H groups in total. The molecule has 19 heavy (non-hydrogen) atoms. The van der Waals surface area contributed by atoms with E-state index in [2.05, 4.69) is 27.9 Å². The van der Waals surface area contributed by atoms with Crippen molar-refractivity contribution in [2.75, 3.05) is 26.3 Å². The second-order valence-electron chi connectivity index (χ2n) is 4.71. The van der Waals surface area contributed by atoms with Crippen LogP contribution in [0.5, 0.6) is 5.88 Å². The standard InChI is InChI=1S/C12H23N3O3S/c1-3-12(4-2,9-16)8-13-5-10(17)7-18-11-6-14-19-15-11/h6,10,13,16-17H,3-5,7-9H2,1-2H3. The molecule has 0 aliphatic carbocycles. The number of hydrogen-bond donors (Lipinski definition) is 3. The van der Waals surface area contributed by atoms with Crippen LogP contribution in [0.25, 0.3) is 0 Å². The number of aromatic nitrogens is 2. The van der Waals surface area contributed by atoms with E-state index in [-0.39, 0.29) is 18.6 Å². The molecule has 1 unspecified atom stereocenters. The monoisotopic (exact) mass is 289 g/mol. The van der Waals surface area contributed by atoms with Crippen LogP contribution < -0.4 is 10.1 Å².